The third-order valence-corrected chi connectivity index (χ3v) is 4.75. The highest BCUT2D eigenvalue weighted by Gasteiger charge is 2.41. The highest BCUT2D eigenvalue weighted by Crippen LogP contribution is 2.32. The second-order valence-corrected chi connectivity index (χ2v) is 6.84. The maximum absolute atomic E-state index is 12.6. The Labute approximate surface area is 160 Å². The first-order valence-corrected chi connectivity index (χ1v) is 8.74. The molecule has 2 heterocycles. The van der Waals surface area contributed by atoms with Crippen molar-refractivity contribution in [2.45, 2.75) is 30.4 Å². The van der Waals surface area contributed by atoms with Crippen molar-refractivity contribution in [1.29, 1.82) is 0 Å². The number of ether oxygens (including phenoxy) is 2. The molecule has 3 atom stereocenters. The van der Waals surface area contributed by atoms with Crippen LogP contribution in [0.4, 0.5) is 10.5 Å². The molecule has 1 amide bonds. The van der Waals surface area contributed by atoms with Crippen molar-refractivity contribution >= 4 is 24.4 Å². The maximum Gasteiger partial charge on any atom is 0.410 e. The zero-order valence-electron chi connectivity index (χ0n) is 14.5. The van der Waals surface area contributed by atoms with E-state index in [1.807, 2.05) is 0 Å². The number of nitrogens with zero attached hydrogens (tertiary/aromatic N) is 4. The molecule has 1 saturated heterocycles. The van der Waals surface area contributed by atoms with Crippen LogP contribution in [0, 0.1) is 10.1 Å². The Morgan fingerprint density at radius 2 is 2.22 bits per heavy atom. The van der Waals surface area contributed by atoms with Gasteiger partial charge in [0.2, 0.25) is 0 Å². The van der Waals surface area contributed by atoms with Crippen LogP contribution in [0.1, 0.15) is 23.9 Å². The fourth-order valence-corrected chi connectivity index (χ4v) is 3.48. The summed E-state index contributed by atoms with van der Waals surface area (Å²) in [4.78, 5) is 28.5. The number of rotatable bonds is 6. The van der Waals surface area contributed by atoms with E-state index in [9.17, 15) is 14.9 Å². The number of non-ortho nitro benzene ring substituents is 1. The van der Waals surface area contributed by atoms with Crippen LogP contribution in [-0.4, -0.2) is 56.0 Å². The highest BCUT2D eigenvalue weighted by molar-refractivity contribution is 7.81. The van der Waals surface area contributed by atoms with Crippen molar-refractivity contribution in [2.24, 2.45) is 0 Å². The number of thiol groups is 1. The number of aromatic amines is 1. The molecule has 144 valence electrons. The van der Waals surface area contributed by atoms with Crippen molar-refractivity contribution < 1.29 is 19.2 Å². The lowest BCUT2D eigenvalue weighted by Crippen LogP contribution is -2.40. The van der Waals surface area contributed by atoms with Gasteiger partial charge < -0.3 is 14.4 Å². The number of hydrogen-bond acceptors (Lipinski definition) is 8. The Kier molecular flexibility index (Phi) is 5.91. The highest BCUT2D eigenvalue weighted by atomic mass is 32.1. The van der Waals surface area contributed by atoms with E-state index in [2.05, 4.69) is 27.8 Å². The van der Waals surface area contributed by atoms with E-state index in [1.54, 1.807) is 24.1 Å². The molecule has 0 radical (unpaired) electrons. The average Bonchev–Trinajstić information content (AvgIpc) is 3.31. The number of aromatic nitrogens is 3. The van der Waals surface area contributed by atoms with Crippen LogP contribution in [0.5, 0.6) is 0 Å². The fraction of sp³-hybridized carbons (Fsp3) is 0.438. The minimum atomic E-state index is -0.503. The summed E-state index contributed by atoms with van der Waals surface area (Å²) in [6, 6.07) is 5.56. The van der Waals surface area contributed by atoms with Gasteiger partial charge in [-0.25, -0.2) is 9.78 Å². The molecule has 1 aliphatic rings. The third kappa shape index (κ3) is 4.37. The van der Waals surface area contributed by atoms with Crippen LogP contribution in [0.15, 0.2) is 30.6 Å². The van der Waals surface area contributed by atoms with Crippen LogP contribution in [0.3, 0.4) is 0 Å². The number of carbonyl (C=O) groups excluding carboxylic acids is 1. The van der Waals surface area contributed by atoms with Gasteiger partial charge in [-0.05, 0) is 24.1 Å². The number of carbonyl (C=O) groups is 1. The molecular weight excluding hydrogens is 374 g/mol. The summed E-state index contributed by atoms with van der Waals surface area (Å²) in [6.07, 6.45) is 1.02. The minimum Gasteiger partial charge on any atom is -0.445 e. The summed E-state index contributed by atoms with van der Waals surface area (Å²) >= 11 is 4.49. The van der Waals surface area contributed by atoms with Crippen molar-refractivity contribution in [3.63, 3.8) is 0 Å². The smallest absolute Gasteiger partial charge is 0.410 e. The van der Waals surface area contributed by atoms with Crippen molar-refractivity contribution in [3.8, 4) is 0 Å². The van der Waals surface area contributed by atoms with E-state index >= 15 is 0 Å². The molecule has 1 aromatic carbocycles. The van der Waals surface area contributed by atoms with E-state index < -0.39 is 17.1 Å². The number of likely N-dealkylation sites (tertiary alicyclic amines) is 1. The monoisotopic (exact) mass is 393 g/mol. The van der Waals surface area contributed by atoms with E-state index in [0.29, 0.717) is 24.4 Å². The zero-order valence-corrected chi connectivity index (χ0v) is 15.4. The fourth-order valence-electron chi connectivity index (χ4n) is 3.08. The Bertz CT molecular complexity index is 785. The lowest BCUT2D eigenvalue weighted by molar-refractivity contribution is -0.384. The average molecular weight is 393 g/mol. The van der Waals surface area contributed by atoms with E-state index in [0.717, 1.165) is 0 Å². The quantitative estimate of drug-likeness (QED) is 0.438. The normalized spacial score (nSPS) is 20.4. The molecule has 10 nitrogen and oxygen atoms in total. The van der Waals surface area contributed by atoms with Crippen LogP contribution in [-0.2, 0) is 16.1 Å². The Morgan fingerprint density at radius 1 is 1.48 bits per heavy atom. The summed E-state index contributed by atoms with van der Waals surface area (Å²) in [5.41, 5.74) is 0.642. The molecule has 11 heteroatoms. The van der Waals surface area contributed by atoms with Gasteiger partial charge in [0.1, 0.15) is 19.0 Å². The Hall–Kier alpha value is -2.66. The summed E-state index contributed by atoms with van der Waals surface area (Å²) in [7, 11) is 1.54. The molecule has 1 unspecified atom stereocenters. The lowest BCUT2D eigenvalue weighted by atomic mass is 10.1. The molecule has 3 rings (SSSR count). The Balaban J connectivity index is 1.66. The summed E-state index contributed by atoms with van der Waals surface area (Å²) in [5.74, 6) is 0.526. The SMILES string of the molecule is COC(c1ncn[nH]1)[C@@H]1C[C@H](S)CN1C(=O)OCc1ccc([N+](=O)[O-])cc1. The number of hydrogen-bond donors (Lipinski definition) is 2. The molecule has 0 spiro atoms. The van der Waals surface area contributed by atoms with Crippen LogP contribution in [0.2, 0.25) is 0 Å². The molecule has 27 heavy (non-hydrogen) atoms. The number of nitro benzene ring substituents is 1. The largest absolute Gasteiger partial charge is 0.445 e. The second-order valence-electron chi connectivity index (χ2n) is 6.11. The first-order valence-electron chi connectivity index (χ1n) is 8.22. The van der Waals surface area contributed by atoms with Crippen molar-refractivity contribution in [2.75, 3.05) is 13.7 Å². The van der Waals surface area contributed by atoms with E-state index in [1.165, 1.54) is 18.5 Å². The number of methoxy groups -OCH3 is 1. The molecular formula is C16H19N5O5S. The van der Waals surface area contributed by atoms with Gasteiger partial charge in [-0.15, -0.1) is 0 Å². The maximum atomic E-state index is 12.6. The lowest BCUT2D eigenvalue weighted by Gasteiger charge is -2.28. The molecule has 0 aliphatic carbocycles. The van der Waals surface area contributed by atoms with Gasteiger partial charge in [-0.3, -0.25) is 15.2 Å². The van der Waals surface area contributed by atoms with E-state index in [4.69, 9.17) is 9.47 Å². The van der Waals surface area contributed by atoms with Gasteiger partial charge in [-0.1, -0.05) is 0 Å². The van der Waals surface area contributed by atoms with E-state index in [-0.39, 0.29) is 23.6 Å². The van der Waals surface area contributed by atoms with Crippen LogP contribution in [0.25, 0.3) is 0 Å². The standard InChI is InChI=1S/C16H19N5O5S/c1-25-14(15-17-9-18-19-15)13-6-12(27)7-20(13)16(22)26-8-10-2-4-11(5-3-10)21(23)24/h2-5,9,12-14,27H,6-8H2,1H3,(H,17,18,19)/t12-,13-,14?/m0/s1. The summed E-state index contributed by atoms with van der Waals surface area (Å²) in [6.45, 7) is 0.429. The van der Waals surface area contributed by atoms with Crippen molar-refractivity contribution in [1.82, 2.24) is 20.1 Å². The van der Waals surface area contributed by atoms with Gasteiger partial charge in [0, 0.05) is 31.0 Å². The minimum absolute atomic E-state index is 0.0112. The topological polar surface area (TPSA) is 123 Å². The number of nitro groups is 1. The number of benzene rings is 1. The molecule has 1 N–H and O–H groups in total. The van der Waals surface area contributed by atoms with Gasteiger partial charge in [-0.2, -0.15) is 17.7 Å². The van der Waals surface area contributed by atoms with Crippen LogP contribution >= 0.6 is 12.6 Å². The first kappa shape index (κ1) is 19.1. The second kappa shape index (κ2) is 8.35. The number of nitrogens with one attached hydrogen (secondary N) is 1. The zero-order chi connectivity index (χ0) is 19.4. The predicted molar refractivity (Wildman–Crippen MR) is 97.3 cm³/mol. The third-order valence-electron chi connectivity index (χ3n) is 4.37. The number of amides is 1. The summed E-state index contributed by atoms with van der Waals surface area (Å²) in [5, 5.41) is 17.3. The molecule has 1 aromatic heterocycles. The van der Waals surface area contributed by atoms with Gasteiger partial charge in [0.25, 0.3) is 5.69 Å². The molecule has 2 aromatic rings. The molecule has 0 bridgehead atoms. The van der Waals surface area contributed by atoms with Gasteiger partial charge in [0.15, 0.2) is 5.82 Å². The molecule has 1 aliphatic heterocycles. The summed E-state index contributed by atoms with van der Waals surface area (Å²) < 4.78 is 10.9. The molecule has 0 saturated carbocycles. The van der Waals surface area contributed by atoms with Crippen molar-refractivity contribution in [3.05, 3.63) is 52.1 Å². The predicted octanol–water partition coefficient (Wildman–Crippen LogP) is 2.11. The first-order chi connectivity index (χ1) is 13.0. The molecule has 1 fully saturated rings. The van der Waals surface area contributed by atoms with Gasteiger partial charge >= 0.3 is 6.09 Å². The van der Waals surface area contributed by atoms with Crippen LogP contribution < -0.4 is 0 Å². The Morgan fingerprint density at radius 3 is 2.81 bits per heavy atom. The number of H-pyrrole nitrogens is 1. The van der Waals surface area contributed by atoms with Gasteiger partial charge in [0.05, 0.1) is 11.0 Å².